The number of para-hydroxylation sites is 1. The van der Waals surface area contributed by atoms with Crippen molar-refractivity contribution in [3.8, 4) is 11.3 Å². The quantitative estimate of drug-likeness (QED) is 0.434. The first-order valence-corrected chi connectivity index (χ1v) is 8.11. The van der Waals surface area contributed by atoms with E-state index in [4.69, 9.17) is 8.53 Å². The van der Waals surface area contributed by atoms with Crippen molar-refractivity contribution in [1.82, 2.24) is 0 Å². The summed E-state index contributed by atoms with van der Waals surface area (Å²) < 4.78 is 31.4. The Labute approximate surface area is 146 Å². The van der Waals surface area contributed by atoms with E-state index >= 15 is 0 Å². The van der Waals surface area contributed by atoms with E-state index in [-0.39, 0.29) is 0 Å². The van der Waals surface area contributed by atoms with Gasteiger partial charge in [0.05, 0.1) is 5.56 Å². The number of benzene rings is 2. The maximum Gasteiger partial charge on any atom is 0.216 e. The van der Waals surface area contributed by atoms with Gasteiger partial charge in [0.2, 0.25) is 5.69 Å². The molecular weight excluding hydrogens is 294 g/mol. The average molecular weight is 319 g/mol. The van der Waals surface area contributed by atoms with Crippen molar-refractivity contribution in [3.05, 3.63) is 64.8 Å². The molecule has 0 radical (unpaired) electrons. The SMILES string of the molecule is [2H]C([2H])([2H])c1c[n+](C)c(-c2c(C)cc(C)c3c2oc2ccccc23)cc1C. The number of furan rings is 1. The first-order valence-electron chi connectivity index (χ1n) is 9.61. The van der Waals surface area contributed by atoms with E-state index in [0.717, 1.165) is 44.3 Å². The fourth-order valence-electron chi connectivity index (χ4n) is 3.58. The van der Waals surface area contributed by atoms with Gasteiger partial charge in [-0.3, -0.25) is 0 Å². The Hall–Kier alpha value is -2.61. The number of fused-ring (bicyclic) bond motifs is 3. The summed E-state index contributed by atoms with van der Waals surface area (Å²) in [6, 6.07) is 12.2. The lowest BCUT2D eigenvalue weighted by Gasteiger charge is -2.09. The van der Waals surface area contributed by atoms with Gasteiger partial charge >= 0.3 is 0 Å². The van der Waals surface area contributed by atoms with Crippen LogP contribution < -0.4 is 4.57 Å². The summed E-state index contributed by atoms with van der Waals surface area (Å²) in [5.74, 6) is 0. The fraction of sp³-hybridized carbons (Fsp3) is 0.227. The van der Waals surface area contributed by atoms with Gasteiger partial charge in [0.1, 0.15) is 18.2 Å². The topological polar surface area (TPSA) is 17.0 Å². The number of rotatable bonds is 1. The minimum atomic E-state index is -2.13. The zero-order chi connectivity index (χ0) is 19.5. The lowest BCUT2D eigenvalue weighted by molar-refractivity contribution is -0.660. The van der Waals surface area contributed by atoms with Gasteiger partial charge in [0, 0.05) is 26.5 Å². The van der Waals surface area contributed by atoms with Crippen molar-refractivity contribution < 1.29 is 13.1 Å². The molecule has 24 heavy (non-hydrogen) atoms. The Morgan fingerprint density at radius 1 is 0.958 bits per heavy atom. The number of aromatic nitrogens is 1. The molecule has 0 bridgehead atoms. The largest absolute Gasteiger partial charge is 0.455 e. The molecule has 2 heteroatoms. The van der Waals surface area contributed by atoms with E-state index in [1.807, 2.05) is 42.8 Å². The standard InChI is InChI=1S/C22H22NO/c1-13-11-18(23(5)12-16(13)4)21-15(3)10-14(2)20-17-8-6-7-9-19(17)24-22(20)21/h6-12H,1-5H3/q+1/i4D3. The lowest BCUT2D eigenvalue weighted by atomic mass is 9.96. The van der Waals surface area contributed by atoms with Crippen LogP contribution in [0.2, 0.25) is 0 Å². The highest BCUT2D eigenvalue weighted by molar-refractivity contribution is 6.11. The second kappa shape index (κ2) is 5.20. The van der Waals surface area contributed by atoms with E-state index in [0.29, 0.717) is 5.56 Å². The van der Waals surface area contributed by atoms with Gasteiger partial charge < -0.3 is 4.42 Å². The number of aryl methyl sites for hydroxylation is 5. The van der Waals surface area contributed by atoms with Crippen LogP contribution in [0.5, 0.6) is 0 Å². The minimum absolute atomic E-state index is 0.374. The predicted octanol–water partition coefficient (Wildman–Crippen LogP) is 5.31. The molecule has 0 fully saturated rings. The molecule has 0 amide bonds. The molecule has 2 nitrogen and oxygen atoms in total. The Morgan fingerprint density at radius 2 is 1.75 bits per heavy atom. The molecule has 4 rings (SSSR count). The Kier molecular flexibility index (Phi) is 2.57. The van der Waals surface area contributed by atoms with E-state index in [1.54, 1.807) is 6.20 Å². The molecule has 0 atom stereocenters. The van der Waals surface area contributed by atoms with Crippen LogP contribution in [-0.4, -0.2) is 0 Å². The van der Waals surface area contributed by atoms with Gasteiger partial charge in [-0.2, -0.15) is 0 Å². The highest BCUT2D eigenvalue weighted by Crippen LogP contribution is 2.39. The maximum atomic E-state index is 7.76. The van der Waals surface area contributed by atoms with Gasteiger partial charge in [0.25, 0.3) is 0 Å². The summed E-state index contributed by atoms with van der Waals surface area (Å²) in [7, 11) is 1.89. The van der Waals surface area contributed by atoms with Crippen LogP contribution in [-0.2, 0) is 7.05 Å². The number of hydrogen-bond acceptors (Lipinski definition) is 1. The predicted molar refractivity (Wildman–Crippen MR) is 99.3 cm³/mol. The molecule has 120 valence electrons. The molecule has 0 spiro atoms. The van der Waals surface area contributed by atoms with Crippen LogP contribution in [0.3, 0.4) is 0 Å². The maximum absolute atomic E-state index is 7.76. The molecule has 2 heterocycles. The molecule has 0 unspecified atom stereocenters. The van der Waals surface area contributed by atoms with Crippen LogP contribution in [0.25, 0.3) is 33.2 Å². The van der Waals surface area contributed by atoms with Gasteiger partial charge in [0.15, 0.2) is 6.20 Å². The van der Waals surface area contributed by atoms with Gasteiger partial charge in [-0.25, -0.2) is 4.57 Å². The molecule has 2 aromatic carbocycles. The first kappa shape index (κ1) is 11.9. The Morgan fingerprint density at radius 3 is 2.54 bits per heavy atom. The fourth-order valence-corrected chi connectivity index (χ4v) is 3.58. The zero-order valence-corrected chi connectivity index (χ0v) is 14.4. The third-order valence-corrected chi connectivity index (χ3v) is 4.78. The van der Waals surface area contributed by atoms with Crippen molar-refractivity contribution in [1.29, 1.82) is 0 Å². The van der Waals surface area contributed by atoms with Crippen molar-refractivity contribution >= 4 is 21.9 Å². The highest BCUT2D eigenvalue weighted by Gasteiger charge is 2.22. The molecule has 0 aliphatic carbocycles. The average Bonchev–Trinajstić information content (AvgIpc) is 2.96. The number of pyridine rings is 1. The molecule has 4 aromatic rings. The van der Waals surface area contributed by atoms with Crippen molar-refractivity contribution in [2.45, 2.75) is 27.6 Å². The van der Waals surface area contributed by atoms with E-state index in [1.165, 1.54) is 5.56 Å². The lowest BCUT2D eigenvalue weighted by Crippen LogP contribution is -2.31. The number of hydrogen-bond donors (Lipinski definition) is 0. The van der Waals surface area contributed by atoms with Crippen LogP contribution in [0, 0.1) is 27.6 Å². The van der Waals surface area contributed by atoms with Crippen LogP contribution >= 0.6 is 0 Å². The second-order valence-corrected chi connectivity index (χ2v) is 6.55. The Balaban J connectivity index is 2.10. The molecule has 0 saturated heterocycles. The molecule has 0 saturated carbocycles. The summed E-state index contributed by atoms with van der Waals surface area (Å²) >= 11 is 0. The van der Waals surface area contributed by atoms with Crippen molar-refractivity contribution in [2.75, 3.05) is 0 Å². The van der Waals surface area contributed by atoms with Gasteiger partial charge in [-0.15, -0.1) is 0 Å². The monoisotopic (exact) mass is 319 g/mol. The summed E-state index contributed by atoms with van der Waals surface area (Å²) in [5, 5.41) is 2.22. The van der Waals surface area contributed by atoms with Gasteiger partial charge in [-0.1, -0.05) is 24.3 Å². The minimum Gasteiger partial charge on any atom is -0.455 e. The van der Waals surface area contributed by atoms with Gasteiger partial charge in [-0.05, 0) is 50.4 Å². The van der Waals surface area contributed by atoms with Crippen molar-refractivity contribution in [3.63, 3.8) is 0 Å². The van der Waals surface area contributed by atoms with E-state index < -0.39 is 6.85 Å². The summed E-state index contributed by atoms with van der Waals surface area (Å²) in [5.41, 5.74) is 7.08. The highest BCUT2D eigenvalue weighted by atomic mass is 16.3. The first-order chi connectivity index (χ1) is 12.7. The molecule has 0 aliphatic rings. The second-order valence-electron chi connectivity index (χ2n) is 6.55. The third kappa shape index (κ3) is 2.06. The summed E-state index contributed by atoms with van der Waals surface area (Å²) in [4.78, 5) is 0. The molecule has 2 aromatic heterocycles. The van der Waals surface area contributed by atoms with E-state index in [9.17, 15) is 0 Å². The normalized spacial score (nSPS) is 13.9. The zero-order valence-electron chi connectivity index (χ0n) is 17.4. The Bertz CT molecular complexity index is 1200. The molecular formula is C22H22NO+. The number of nitrogens with zero attached hydrogens (tertiary/aromatic N) is 1. The van der Waals surface area contributed by atoms with Crippen LogP contribution in [0.15, 0.2) is 47.0 Å². The van der Waals surface area contributed by atoms with Crippen LogP contribution in [0.1, 0.15) is 26.4 Å². The van der Waals surface area contributed by atoms with Crippen molar-refractivity contribution in [2.24, 2.45) is 7.05 Å². The van der Waals surface area contributed by atoms with Crippen LogP contribution in [0.4, 0.5) is 0 Å². The summed E-state index contributed by atoms with van der Waals surface area (Å²) in [6.07, 6.45) is 1.71. The molecule has 0 N–H and O–H groups in total. The summed E-state index contributed by atoms with van der Waals surface area (Å²) in [6.45, 7) is 3.90. The molecule has 0 aliphatic heterocycles. The smallest absolute Gasteiger partial charge is 0.216 e. The third-order valence-electron chi connectivity index (χ3n) is 4.78. The van der Waals surface area contributed by atoms with E-state index in [2.05, 4.69) is 26.0 Å².